The minimum Gasteiger partial charge on any atom is -0.388 e. The van der Waals surface area contributed by atoms with Gasteiger partial charge in [0.05, 0.1) is 5.69 Å². The van der Waals surface area contributed by atoms with E-state index in [1.54, 1.807) is 24.3 Å². The Morgan fingerprint density at radius 3 is 2.35 bits per heavy atom. The van der Waals surface area contributed by atoms with Gasteiger partial charge in [-0.1, -0.05) is 18.2 Å². The Hall–Kier alpha value is -3.06. The Balaban J connectivity index is 2.25. The molecule has 1 atom stereocenters. The molecule has 2 rings (SSSR count). The summed E-state index contributed by atoms with van der Waals surface area (Å²) in [7, 11) is 2.72. The van der Waals surface area contributed by atoms with E-state index in [1.807, 2.05) is 25.1 Å². The minimum atomic E-state index is -1.38. The van der Waals surface area contributed by atoms with Gasteiger partial charge in [-0.05, 0) is 31.2 Å². The fourth-order valence-corrected chi connectivity index (χ4v) is 2.57. The number of hydrogen-bond acceptors (Lipinski definition) is 5. The molecule has 0 bridgehead atoms. The van der Waals surface area contributed by atoms with Crippen LogP contribution in [0.4, 0.5) is 0 Å². The van der Waals surface area contributed by atoms with Crippen molar-refractivity contribution in [3.05, 3.63) is 53.7 Å². The summed E-state index contributed by atoms with van der Waals surface area (Å²) >= 11 is 0. The highest BCUT2D eigenvalue weighted by Gasteiger charge is 2.32. The summed E-state index contributed by atoms with van der Waals surface area (Å²) in [5.41, 5.74) is 2.85. The normalized spacial score (nSPS) is 11.5. The zero-order chi connectivity index (χ0) is 19.3. The number of rotatable bonds is 6. The number of aliphatic hydroxyl groups excluding tert-OH is 1. The van der Waals surface area contributed by atoms with Crippen molar-refractivity contribution in [2.24, 2.45) is 0 Å². The van der Waals surface area contributed by atoms with Crippen LogP contribution in [0, 0.1) is 6.92 Å². The monoisotopic (exact) mass is 355 g/mol. The number of pyridine rings is 1. The molecule has 0 aliphatic heterocycles. The maximum absolute atomic E-state index is 12.6. The van der Waals surface area contributed by atoms with Gasteiger partial charge >= 0.3 is 0 Å². The predicted octanol–water partition coefficient (Wildman–Crippen LogP) is 0.805. The molecule has 0 fully saturated rings. The molecule has 1 aromatic heterocycles. The van der Waals surface area contributed by atoms with Gasteiger partial charge in [0.15, 0.2) is 11.8 Å². The number of hydrogen-bond donors (Lipinski definition) is 2. The Labute approximate surface area is 151 Å². The second-order valence-corrected chi connectivity index (χ2v) is 5.80. The van der Waals surface area contributed by atoms with Crippen LogP contribution in [0.3, 0.4) is 0 Å². The van der Waals surface area contributed by atoms with Crippen molar-refractivity contribution in [3.8, 4) is 11.3 Å². The van der Waals surface area contributed by atoms with Crippen LogP contribution >= 0.6 is 0 Å². The molecule has 7 heteroatoms. The highest BCUT2D eigenvalue weighted by Crippen LogP contribution is 2.19. The van der Waals surface area contributed by atoms with Crippen LogP contribution in [0.2, 0.25) is 0 Å². The molecule has 0 aliphatic carbocycles. The van der Waals surface area contributed by atoms with Crippen LogP contribution in [0.1, 0.15) is 16.1 Å². The standard InChI is InChI=1S/C19H21N3O4/c1-12-5-4-6-15(21-12)13-7-9-14(10-8-13)19(26)22(3)17(16(24)11-23)18(25)20-2/h4-10,17,23H,11H2,1-3H3,(H,20,25). The van der Waals surface area contributed by atoms with Gasteiger partial charge in [-0.25, -0.2) is 0 Å². The maximum Gasteiger partial charge on any atom is 0.254 e. The molecule has 1 unspecified atom stereocenters. The van der Waals surface area contributed by atoms with E-state index in [1.165, 1.54) is 14.1 Å². The Bertz CT molecular complexity index is 802. The van der Waals surface area contributed by atoms with E-state index >= 15 is 0 Å². The number of aliphatic hydroxyl groups is 1. The van der Waals surface area contributed by atoms with E-state index in [4.69, 9.17) is 5.11 Å². The number of benzene rings is 1. The van der Waals surface area contributed by atoms with E-state index in [2.05, 4.69) is 10.3 Å². The molecule has 26 heavy (non-hydrogen) atoms. The van der Waals surface area contributed by atoms with Crippen molar-refractivity contribution in [1.82, 2.24) is 15.2 Å². The minimum absolute atomic E-state index is 0.323. The van der Waals surface area contributed by atoms with E-state index in [0.29, 0.717) is 5.56 Å². The molecule has 136 valence electrons. The lowest BCUT2D eigenvalue weighted by Gasteiger charge is -2.25. The molecule has 2 N–H and O–H groups in total. The molecular weight excluding hydrogens is 334 g/mol. The van der Waals surface area contributed by atoms with Gasteiger partial charge in [-0.2, -0.15) is 0 Å². The number of nitrogens with one attached hydrogen (secondary N) is 1. The van der Waals surface area contributed by atoms with E-state index < -0.39 is 30.2 Å². The van der Waals surface area contributed by atoms with Gasteiger partial charge in [0.25, 0.3) is 5.91 Å². The summed E-state index contributed by atoms with van der Waals surface area (Å²) in [5.74, 6) is -1.90. The van der Waals surface area contributed by atoms with Crippen molar-refractivity contribution in [2.45, 2.75) is 13.0 Å². The zero-order valence-corrected chi connectivity index (χ0v) is 14.9. The number of nitrogens with zero attached hydrogens (tertiary/aromatic N) is 2. The van der Waals surface area contributed by atoms with E-state index in [9.17, 15) is 14.4 Å². The summed E-state index contributed by atoms with van der Waals surface area (Å²) in [4.78, 5) is 41.8. The third kappa shape index (κ3) is 4.12. The van der Waals surface area contributed by atoms with Gasteiger partial charge < -0.3 is 15.3 Å². The van der Waals surface area contributed by atoms with Crippen LogP contribution in [-0.2, 0) is 9.59 Å². The first-order valence-corrected chi connectivity index (χ1v) is 8.05. The molecule has 0 saturated heterocycles. The third-order valence-corrected chi connectivity index (χ3v) is 3.98. The molecule has 0 aliphatic rings. The van der Waals surface area contributed by atoms with Crippen LogP contribution in [0.5, 0.6) is 0 Å². The molecule has 2 aromatic rings. The number of ketones is 1. The van der Waals surface area contributed by atoms with Gasteiger partial charge in [-0.15, -0.1) is 0 Å². The van der Waals surface area contributed by atoms with Gasteiger partial charge in [0, 0.05) is 30.9 Å². The average Bonchev–Trinajstić information content (AvgIpc) is 2.67. The first-order chi connectivity index (χ1) is 12.4. The summed E-state index contributed by atoms with van der Waals surface area (Å²) in [6.07, 6.45) is 0. The quantitative estimate of drug-likeness (QED) is 0.747. The van der Waals surface area contributed by atoms with Crippen molar-refractivity contribution < 1.29 is 19.5 Å². The van der Waals surface area contributed by atoms with E-state index in [0.717, 1.165) is 21.9 Å². The zero-order valence-electron chi connectivity index (χ0n) is 14.9. The molecule has 7 nitrogen and oxygen atoms in total. The van der Waals surface area contributed by atoms with Crippen LogP contribution in [0.25, 0.3) is 11.3 Å². The van der Waals surface area contributed by atoms with Crippen molar-refractivity contribution in [3.63, 3.8) is 0 Å². The molecule has 0 saturated carbocycles. The summed E-state index contributed by atoms with van der Waals surface area (Å²) in [6.45, 7) is 1.07. The second kappa shape index (κ2) is 8.35. The largest absolute Gasteiger partial charge is 0.388 e. The number of carbonyl (C=O) groups excluding carboxylic acids is 3. The lowest BCUT2D eigenvalue weighted by Crippen LogP contribution is -2.52. The predicted molar refractivity (Wildman–Crippen MR) is 96.5 cm³/mol. The molecule has 0 spiro atoms. The highest BCUT2D eigenvalue weighted by molar-refractivity contribution is 6.10. The maximum atomic E-state index is 12.6. The number of Topliss-reactive ketones (excluding diaryl/α,β-unsaturated/α-hetero) is 1. The van der Waals surface area contributed by atoms with Crippen molar-refractivity contribution in [1.29, 1.82) is 0 Å². The lowest BCUT2D eigenvalue weighted by molar-refractivity contribution is -0.135. The fraction of sp³-hybridized carbons (Fsp3) is 0.263. The topological polar surface area (TPSA) is 99.6 Å². The number of carbonyl (C=O) groups is 3. The fourth-order valence-electron chi connectivity index (χ4n) is 2.57. The van der Waals surface area contributed by atoms with Crippen LogP contribution in [-0.4, -0.2) is 59.3 Å². The molecular formula is C19H21N3O4. The average molecular weight is 355 g/mol. The Morgan fingerprint density at radius 2 is 1.81 bits per heavy atom. The summed E-state index contributed by atoms with van der Waals surface area (Å²) < 4.78 is 0. The smallest absolute Gasteiger partial charge is 0.254 e. The third-order valence-electron chi connectivity index (χ3n) is 3.98. The lowest BCUT2D eigenvalue weighted by atomic mass is 10.1. The molecule has 1 heterocycles. The van der Waals surface area contributed by atoms with Crippen molar-refractivity contribution >= 4 is 17.6 Å². The van der Waals surface area contributed by atoms with E-state index in [-0.39, 0.29) is 0 Å². The van der Waals surface area contributed by atoms with Crippen molar-refractivity contribution in [2.75, 3.05) is 20.7 Å². The highest BCUT2D eigenvalue weighted by atomic mass is 16.3. The number of amides is 2. The van der Waals surface area contributed by atoms with Gasteiger partial charge in [-0.3, -0.25) is 19.4 Å². The molecule has 2 amide bonds. The number of likely N-dealkylation sites (N-methyl/N-ethyl adjacent to an activating group) is 2. The molecule has 0 radical (unpaired) electrons. The Morgan fingerprint density at radius 1 is 1.15 bits per heavy atom. The Kier molecular flexibility index (Phi) is 6.19. The number of aryl methyl sites for hydroxylation is 1. The summed E-state index contributed by atoms with van der Waals surface area (Å²) in [5, 5.41) is 11.4. The van der Waals surface area contributed by atoms with Gasteiger partial charge in [0.1, 0.15) is 6.61 Å². The SMILES string of the molecule is CNC(=O)C(C(=O)CO)N(C)C(=O)c1ccc(-c2cccc(C)n2)cc1. The van der Waals surface area contributed by atoms with Crippen LogP contribution in [0.15, 0.2) is 42.5 Å². The van der Waals surface area contributed by atoms with Gasteiger partial charge in [0.2, 0.25) is 5.91 Å². The first kappa shape index (κ1) is 19.3. The first-order valence-electron chi connectivity index (χ1n) is 8.05. The second-order valence-electron chi connectivity index (χ2n) is 5.80. The summed E-state index contributed by atoms with van der Waals surface area (Å²) in [6, 6.07) is 11.0. The number of aromatic nitrogens is 1. The molecule has 1 aromatic carbocycles. The van der Waals surface area contributed by atoms with Crippen LogP contribution < -0.4 is 5.32 Å².